The van der Waals surface area contributed by atoms with Crippen LogP contribution in [0.3, 0.4) is 0 Å². The van der Waals surface area contributed by atoms with Gasteiger partial charge in [-0.25, -0.2) is 4.21 Å². The maximum absolute atomic E-state index is 13.2. The van der Waals surface area contributed by atoms with E-state index in [-0.39, 0.29) is 11.8 Å². The first-order chi connectivity index (χ1) is 12.0. The van der Waals surface area contributed by atoms with Crippen molar-refractivity contribution >= 4 is 21.5 Å². The van der Waals surface area contributed by atoms with Crippen LogP contribution in [0.1, 0.15) is 31.2 Å². The summed E-state index contributed by atoms with van der Waals surface area (Å²) >= 11 is 0. The van der Waals surface area contributed by atoms with Crippen LogP contribution in [0, 0.1) is 0 Å². The molecule has 2 saturated heterocycles. The highest BCUT2D eigenvalue weighted by Crippen LogP contribution is 2.37. The second-order valence-electron chi connectivity index (χ2n) is 6.76. The molecule has 2 aliphatic heterocycles. The van der Waals surface area contributed by atoms with Crippen LogP contribution in [-0.4, -0.2) is 45.5 Å². The van der Waals surface area contributed by atoms with Gasteiger partial charge in [0.25, 0.3) is 5.91 Å². The number of carbonyl (C=O) groups excluding carboxylic acids is 2. The third kappa shape index (κ3) is 3.54. The smallest absolute Gasteiger partial charge is 0.264 e. The first kappa shape index (κ1) is 17.9. The van der Waals surface area contributed by atoms with Gasteiger partial charge in [-0.2, -0.15) is 4.36 Å². The summed E-state index contributed by atoms with van der Waals surface area (Å²) in [7, 11) is -2.40. The molecule has 0 unspecified atom stereocenters. The average molecular weight is 360 g/mol. The number of nitrogens with zero attached hydrogens (tertiary/aromatic N) is 2. The molecule has 2 fully saturated rings. The first-order valence-corrected chi connectivity index (χ1v) is 10.6. The fourth-order valence-electron chi connectivity index (χ4n) is 3.71. The lowest BCUT2D eigenvalue weighted by Crippen LogP contribution is -2.48. The van der Waals surface area contributed by atoms with E-state index in [1.807, 2.05) is 30.3 Å². The molecule has 3 rings (SSSR count). The van der Waals surface area contributed by atoms with E-state index >= 15 is 0 Å². The summed E-state index contributed by atoms with van der Waals surface area (Å²) < 4.78 is 17.0. The topological polar surface area (TPSA) is 66.8 Å². The van der Waals surface area contributed by atoms with Crippen molar-refractivity contribution in [3.8, 4) is 0 Å². The predicted octanol–water partition coefficient (Wildman–Crippen LogP) is 2.52. The Balaban J connectivity index is 1.95. The van der Waals surface area contributed by atoms with Gasteiger partial charge in [0.2, 0.25) is 5.91 Å². The minimum Gasteiger partial charge on any atom is -0.339 e. The van der Waals surface area contributed by atoms with Crippen LogP contribution in [0.4, 0.5) is 0 Å². The zero-order chi connectivity index (χ0) is 17.9. The van der Waals surface area contributed by atoms with Crippen molar-refractivity contribution in [1.29, 1.82) is 0 Å². The van der Waals surface area contributed by atoms with Crippen molar-refractivity contribution < 1.29 is 13.8 Å². The number of hydrogen-bond donors (Lipinski definition) is 0. The molecule has 134 valence electrons. The maximum Gasteiger partial charge on any atom is 0.264 e. The summed E-state index contributed by atoms with van der Waals surface area (Å²) in [6.45, 7) is 4.48. The molecule has 1 aromatic carbocycles. The number of benzene rings is 1. The van der Waals surface area contributed by atoms with Gasteiger partial charge in [-0.3, -0.25) is 9.59 Å². The number of likely N-dealkylation sites (tertiary alicyclic amines) is 1. The van der Waals surface area contributed by atoms with E-state index in [2.05, 4.69) is 10.9 Å². The van der Waals surface area contributed by atoms with Crippen molar-refractivity contribution in [3.63, 3.8) is 0 Å². The van der Waals surface area contributed by atoms with E-state index in [9.17, 15) is 13.8 Å². The number of piperidine rings is 1. The first-order valence-electron chi connectivity index (χ1n) is 8.73. The number of amides is 2. The molecule has 2 aliphatic rings. The van der Waals surface area contributed by atoms with E-state index < -0.39 is 15.1 Å². The fourth-order valence-corrected chi connectivity index (χ4v) is 5.88. The minimum absolute atomic E-state index is 0.118. The van der Waals surface area contributed by atoms with Crippen LogP contribution in [0.2, 0.25) is 0 Å². The van der Waals surface area contributed by atoms with Crippen LogP contribution in [0.5, 0.6) is 0 Å². The largest absolute Gasteiger partial charge is 0.339 e. The zero-order valence-electron chi connectivity index (χ0n) is 14.4. The van der Waals surface area contributed by atoms with Crippen LogP contribution >= 0.6 is 0 Å². The maximum atomic E-state index is 13.2. The summed E-state index contributed by atoms with van der Waals surface area (Å²) in [5, 5.41) is 0. The van der Waals surface area contributed by atoms with Gasteiger partial charge in [0.15, 0.2) is 0 Å². The fraction of sp³-hybridized carbons (Fsp3) is 0.474. The Morgan fingerprint density at radius 2 is 1.72 bits per heavy atom. The Kier molecular flexibility index (Phi) is 5.08. The zero-order valence-corrected chi connectivity index (χ0v) is 15.2. The second-order valence-corrected chi connectivity index (χ2v) is 9.31. The molecule has 1 aromatic rings. The molecule has 0 bridgehead atoms. The quantitative estimate of drug-likeness (QED) is 0.778. The second kappa shape index (κ2) is 7.12. The number of hydrogen-bond acceptors (Lipinski definition) is 3. The molecule has 25 heavy (non-hydrogen) atoms. The molecule has 5 nitrogen and oxygen atoms in total. The number of carbonyl (C=O) groups is 2. The van der Waals surface area contributed by atoms with Crippen LogP contribution in [0.25, 0.3) is 0 Å². The van der Waals surface area contributed by atoms with Gasteiger partial charge in [-0.1, -0.05) is 36.9 Å². The van der Waals surface area contributed by atoms with Gasteiger partial charge < -0.3 is 4.90 Å². The monoisotopic (exact) mass is 360 g/mol. The molecular weight excluding hydrogens is 336 g/mol. The highest BCUT2D eigenvalue weighted by atomic mass is 32.2. The van der Waals surface area contributed by atoms with Gasteiger partial charge >= 0.3 is 0 Å². The summed E-state index contributed by atoms with van der Waals surface area (Å²) in [4.78, 5) is 26.7. The lowest BCUT2D eigenvalue weighted by Gasteiger charge is -2.39. The van der Waals surface area contributed by atoms with Crippen LogP contribution < -0.4 is 0 Å². The highest BCUT2D eigenvalue weighted by Gasteiger charge is 2.44. The van der Waals surface area contributed by atoms with Crippen LogP contribution in [0.15, 0.2) is 47.3 Å². The van der Waals surface area contributed by atoms with E-state index in [4.69, 9.17) is 0 Å². The summed E-state index contributed by atoms with van der Waals surface area (Å²) in [6.07, 6.45) is 4.03. The van der Waals surface area contributed by atoms with Gasteiger partial charge in [0.05, 0.1) is 15.1 Å². The summed E-state index contributed by atoms with van der Waals surface area (Å²) in [6, 6.07) is 9.58. The van der Waals surface area contributed by atoms with E-state index in [0.29, 0.717) is 37.4 Å². The molecule has 2 amide bonds. The van der Waals surface area contributed by atoms with Crippen molar-refractivity contribution in [2.75, 3.05) is 24.6 Å². The third-order valence-electron chi connectivity index (χ3n) is 5.26. The van der Waals surface area contributed by atoms with Crippen molar-refractivity contribution in [3.05, 3.63) is 48.6 Å². The highest BCUT2D eigenvalue weighted by molar-refractivity contribution is 7.94. The molecule has 0 N–H and O–H groups in total. The molecule has 0 radical (unpaired) electrons. The Morgan fingerprint density at radius 1 is 1.12 bits per heavy atom. The van der Waals surface area contributed by atoms with Gasteiger partial charge in [0.1, 0.15) is 0 Å². The molecule has 0 saturated carbocycles. The molecule has 0 aromatic heterocycles. The Hall–Kier alpha value is -1.95. The molecule has 0 spiro atoms. The Morgan fingerprint density at radius 3 is 2.28 bits per heavy atom. The summed E-state index contributed by atoms with van der Waals surface area (Å²) in [5.41, 5.74) is 0.113. The van der Waals surface area contributed by atoms with Crippen LogP contribution in [-0.2, 0) is 24.7 Å². The number of rotatable bonds is 3. The van der Waals surface area contributed by atoms with E-state index in [0.717, 1.165) is 18.4 Å². The normalized spacial score (nSPS) is 21.5. The SMILES string of the molecule is C=CC(=O)N1CCC(C(=O)N=S2(=O)CCCC2)(c2ccccc2)CC1. The van der Waals surface area contributed by atoms with Crippen molar-refractivity contribution in [2.45, 2.75) is 31.1 Å². The predicted molar refractivity (Wildman–Crippen MR) is 98.7 cm³/mol. The van der Waals surface area contributed by atoms with Gasteiger partial charge in [-0.05, 0) is 37.3 Å². The van der Waals surface area contributed by atoms with Gasteiger partial charge in [0, 0.05) is 24.6 Å². The molecule has 2 heterocycles. The van der Waals surface area contributed by atoms with E-state index in [1.54, 1.807) is 4.90 Å². The third-order valence-corrected chi connectivity index (χ3v) is 7.62. The molecule has 0 atom stereocenters. The molecule has 0 aliphatic carbocycles. The van der Waals surface area contributed by atoms with Gasteiger partial charge in [-0.15, -0.1) is 0 Å². The average Bonchev–Trinajstić information content (AvgIpc) is 3.07. The minimum atomic E-state index is -2.40. The Bertz CT molecular complexity index is 774. The van der Waals surface area contributed by atoms with Crippen molar-refractivity contribution in [1.82, 2.24) is 4.90 Å². The van der Waals surface area contributed by atoms with E-state index in [1.165, 1.54) is 6.08 Å². The Labute approximate surface area is 149 Å². The molecular formula is C19H24N2O3S. The lowest BCUT2D eigenvalue weighted by molar-refractivity contribution is -0.132. The van der Waals surface area contributed by atoms with Crippen molar-refractivity contribution in [2.24, 2.45) is 4.36 Å². The summed E-state index contributed by atoms with van der Waals surface area (Å²) in [5.74, 6) is 0.638. The standard InChI is InChI=1S/C19H24N2O3S/c1-2-17(22)21-12-10-19(11-13-21,16-8-4-3-5-9-16)18(23)20-25(24)14-6-7-15-25/h2-5,8-9H,1,6-7,10-15H2. The molecule has 6 heteroatoms. The lowest BCUT2D eigenvalue weighted by atomic mass is 9.72.